The molecule has 18 heavy (non-hydrogen) atoms. The summed E-state index contributed by atoms with van der Waals surface area (Å²) in [5.41, 5.74) is 0.136. The van der Waals surface area contributed by atoms with Crippen LogP contribution in [0.5, 0.6) is 0 Å². The zero-order valence-corrected chi connectivity index (χ0v) is 10.6. The number of hydrogen-bond donors (Lipinski definition) is 1. The van der Waals surface area contributed by atoms with Gasteiger partial charge in [0.1, 0.15) is 17.1 Å². The largest absolute Gasteiger partial charge is 0.478 e. The number of amides is 1. The van der Waals surface area contributed by atoms with Crippen molar-refractivity contribution in [2.24, 2.45) is 0 Å². The summed E-state index contributed by atoms with van der Waals surface area (Å²) in [5, 5.41) is 8.89. The van der Waals surface area contributed by atoms with Crippen molar-refractivity contribution in [1.82, 2.24) is 4.90 Å². The molecule has 5 heteroatoms. The molecular weight excluding hydrogens is 234 g/mol. The van der Waals surface area contributed by atoms with Gasteiger partial charge in [0.25, 0.3) is 0 Å². The Hall–Kier alpha value is -2.04. The molecule has 98 valence electrons. The Morgan fingerprint density at radius 1 is 1.56 bits per heavy atom. The van der Waals surface area contributed by atoms with E-state index in [2.05, 4.69) is 6.58 Å². The van der Waals surface area contributed by atoms with Crippen LogP contribution in [0.2, 0.25) is 0 Å². The average molecular weight is 251 g/mol. The number of aromatic carboxylic acids is 1. The maximum atomic E-state index is 11.7. The Kier molecular flexibility index (Phi) is 4.71. The number of furan rings is 1. The van der Waals surface area contributed by atoms with Crippen molar-refractivity contribution >= 4 is 11.9 Å². The molecule has 0 radical (unpaired) electrons. The van der Waals surface area contributed by atoms with E-state index in [4.69, 9.17) is 9.52 Å². The fraction of sp³-hybridized carbons (Fsp3) is 0.385. The predicted molar refractivity (Wildman–Crippen MR) is 66.3 cm³/mol. The second kappa shape index (κ2) is 6.05. The molecule has 0 saturated carbocycles. The summed E-state index contributed by atoms with van der Waals surface area (Å²) in [5.74, 6) is -0.229. The van der Waals surface area contributed by atoms with E-state index in [1.54, 1.807) is 20.0 Å². The van der Waals surface area contributed by atoms with Gasteiger partial charge in [0.15, 0.2) is 0 Å². The normalized spacial score (nSPS) is 10.1. The van der Waals surface area contributed by atoms with Crippen molar-refractivity contribution in [3.05, 3.63) is 35.8 Å². The smallest absolute Gasteiger partial charge is 0.339 e. The van der Waals surface area contributed by atoms with Gasteiger partial charge in [0.2, 0.25) is 5.91 Å². The zero-order valence-electron chi connectivity index (χ0n) is 10.6. The number of carboxylic acid groups (broad SMARTS) is 1. The van der Waals surface area contributed by atoms with E-state index in [1.165, 1.54) is 11.0 Å². The summed E-state index contributed by atoms with van der Waals surface area (Å²) in [6.45, 7) is 5.41. The van der Waals surface area contributed by atoms with Crippen molar-refractivity contribution in [2.75, 3.05) is 7.05 Å². The van der Waals surface area contributed by atoms with Gasteiger partial charge in [-0.3, -0.25) is 4.79 Å². The van der Waals surface area contributed by atoms with Crippen LogP contribution in [0.15, 0.2) is 23.1 Å². The van der Waals surface area contributed by atoms with E-state index in [9.17, 15) is 9.59 Å². The molecule has 0 fully saturated rings. The van der Waals surface area contributed by atoms with Gasteiger partial charge in [-0.25, -0.2) is 4.79 Å². The highest BCUT2D eigenvalue weighted by atomic mass is 16.4. The molecule has 0 unspecified atom stereocenters. The molecule has 1 N–H and O–H groups in total. The lowest BCUT2D eigenvalue weighted by atomic mass is 10.2. The average Bonchev–Trinajstić information content (AvgIpc) is 2.67. The Morgan fingerprint density at radius 3 is 2.72 bits per heavy atom. The molecule has 0 saturated heterocycles. The Balaban J connectivity index is 2.67. The topological polar surface area (TPSA) is 70.8 Å². The van der Waals surface area contributed by atoms with E-state index >= 15 is 0 Å². The van der Waals surface area contributed by atoms with Gasteiger partial charge in [-0.1, -0.05) is 6.08 Å². The Bertz CT molecular complexity index is 462. The third-order valence-electron chi connectivity index (χ3n) is 2.58. The van der Waals surface area contributed by atoms with Crippen LogP contribution in [-0.2, 0) is 11.3 Å². The second-order valence-corrected chi connectivity index (χ2v) is 4.06. The van der Waals surface area contributed by atoms with E-state index in [-0.39, 0.29) is 18.0 Å². The fourth-order valence-corrected chi connectivity index (χ4v) is 1.57. The van der Waals surface area contributed by atoms with Crippen LogP contribution in [0.1, 0.15) is 34.7 Å². The molecule has 1 aromatic rings. The number of aryl methyl sites for hydroxylation is 1. The SMILES string of the molecule is C=CCCC(=O)N(C)Cc1cc(C(=O)O)c(C)o1. The molecule has 5 nitrogen and oxygen atoms in total. The predicted octanol–water partition coefficient (Wildman–Crippen LogP) is 2.21. The Labute approximate surface area is 106 Å². The zero-order chi connectivity index (χ0) is 13.7. The van der Waals surface area contributed by atoms with E-state index < -0.39 is 5.97 Å². The number of carboxylic acids is 1. The summed E-state index contributed by atoms with van der Waals surface area (Å²) in [6, 6.07) is 1.45. The van der Waals surface area contributed by atoms with Crippen molar-refractivity contribution in [3.63, 3.8) is 0 Å². The van der Waals surface area contributed by atoms with Crippen molar-refractivity contribution < 1.29 is 19.1 Å². The van der Waals surface area contributed by atoms with Gasteiger partial charge in [-0.2, -0.15) is 0 Å². The van der Waals surface area contributed by atoms with Crippen LogP contribution in [-0.4, -0.2) is 28.9 Å². The van der Waals surface area contributed by atoms with Crippen molar-refractivity contribution in [2.45, 2.75) is 26.3 Å². The number of carbonyl (C=O) groups excluding carboxylic acids is 1. The first-order chi connectivity index (χ1) is 8.45. The first-order valence-corrected chi connectivity index (χ1v) is 5.63. The number of rotatable bonds is 6. The summed E-state index contributed by atoms with van der Waals surface area (Å²) in [4.78, 5) is 24.0. The minimum absolute atomic E-state index is 0.0270. The van der Waals surface area contributed by atoms with Gasteiger partial charge in [0, 0.05) is 13.5 Å². The van der Waals surface area contributed by atoms with Crippen LogP contribution in [0.4, 0.5) is 0 Å². The molecule has 0 atom stereocenters. The van der Waals surface area contributed by atoms with E-state index in [1.807, 2.05) is 0 Å². The molecule has 0 aliphatic rings. The molecular formula is C13H17NO4. The molecule has 0 aromatic carbocycles. The van der Waals surface area contributed by atoms with Gasteiger partial charge in [-0.05, 0) is 19.4 Å². The lowest BCUT2D eigenvalue weighted by molar-refractivity contribution is -0.130. The summed E-state index contributed by atoms with van der Waals surface area (Å²) < 4.78 is 5.31. The van der Waals surface area contributed by atoms with Crippen LogP contribution in [0, 0.1) is 6.92 Å². The first kappa shape index (κ1) is 14.0. The molecule has 1 aromatic heterocycles. The lowest BCUT2D eigenvalue weighted by Crippen LogP contribution is -2.25. The maximum Gasteiger partial charge on any atom is 0.339 e. The van der Waals surface area contributed by atoms with Crippen molar-refractivity contribution in [1.29, 1.82) is 0 Å². The van der Waals surface area contributed by atoms with Crippen LogP contribution >= 0.6 is 0 Å². The summed E-state index contributed by atoms with van der Waals surface area (Å²) in [6.07, 6.45) is 2.71. The number of allylic oxidation sites excluding steroid dienone is 1. The monoisotopic (exact) mass is 251 g/mol. The van der Waals surface area contributed by atoms with Crippen LogP contribution in [0.25, 0.3) is 0 Å². The third-order valence-corrected chi connectivity index (χ3v) is 2.58. The molecule has 0 bridgehead atoms. The van der Waals surface area contributed by atoms with Gasteiger partial charge >= 0.3 is 5.97 Å². The standard InChI is InChI=1S/C13H17NO4/c1-4-5-6-12(15)14(3)8-10-7-11(13(16)17)9(2)18-10/h4,7H,1,5-6,8H2,2-3H3,(H,16,17). The second-order valence-electron chi connectivity index (χ2n) is 4.06. The van der Waals surface area contributed by atoms with E-state index in [0.717, 1.165) is 0 Å². The van der Waals surface area contributed by atoms with Gasteiger partial charge < -0.3 is 14.4 Å². The Morgan fingerprint density at radius 2 is 2.22 bits per heavy atom. The molecule has 0 aliphatic heterocycles. The first-order valence-electron chi connectivity index (χ1n) is 5.63. The number of carbonyl (C=O) groups is 2. The molecule has 0 spiro atoms. The molecule has 1 heterocycles. The number of hydrogen-bond acceptors (Lipinski definition) is 3. The third kappa shape index (κ3) is 3.48. The molecule has 1 amide bonds. The highest BCUT2D eigenvalue weighted by Gasteiger charge is 2.16. The van der Waals surface area contributed by atoms with Crippen molar-refractivity contribution in [3.8, 4) is 0 Å². The minimum Gasteiger partial charge on any atom is -0.478 e. The fourth-order valence-electron chi connectivity index (χ4n) is 1.57. The van der Waals surface area contributed by atoms with Crippen LogP contribution in [0.3, 0.4) is 0 Å². The van der Waals surface area contributed by atoms with Crippen LogP contribution < -0.4 is 0 Å². The minimum atomic E-state index is -1.02. The van der Waals surface area contributed by atoms with E-state index in [0.29, 0.717) is 24.4 Å². The summed E-state index contributed by atoms with van der Waals surface area (Å²) in [7, 11) is 1.66. The lowest BCUT2D eigenvalue weighted by Gasteiger charge is -2.14. The summed E-state index contributed by atoms with van der Waals surface area (Å²) >= 11 is 0. The molecule has 1 rings (SSSR count). The number of nitrogens with zero attached hydrogens (tertiary/aromatic N) is 1. The van der Waals surface area contributed by atoms with Gasteiger partial charge in [0.05, 0.1) is 6.54 Å². The maximum absolute atomic E-state index is 11.7. The quantitative estimate of drug-likeness (QED) is 0.787. The highest BCUT2D eigenvalue weighted by Crippen LogP contribution is 2.16. The highest BCUT2D eigenvalue weighted by molar-refractivity contribution is 5.88. The molecule has 0 aliphatic carbocycles. The van der Waals surface area contributed by atoms with Gasteiger partial charge in [-0.15, -0.1) is 6.58 Å².